The predicted octanol–water partition coefficient (Wildman–Crippen LogP) is 4.65. The molecule has 0 atom stereocenters. The van der Waals surface area contributed by atoms with Gasteiger partial charge in [0.2, 0.25) is 11.8 Å². The Morgan fingerprint density at radius 1 is 0.875 bits per heavy atom. The van der Waals surface area contributed by atoms with Crippen molar-refractivity contribution in [1.29, 1.82) is 0 Å². The minimum atomic E-state index is -0.336. The number of rotatable bonds is 4. The molecule has 24 heavy (non-hydrogen) atoms. The highest BCUT2D eigenvalue weighted by atomic mass is 79.9. The smallest absolute Gasteiger partial charge is 0.233 e. The van der Waals surface area contributed by atoms with Crippen LogP contribution in [0.15, 0.2) is 34.8 Å². The molecule has 2 rings (SSSR count). The lowest BCUT2D eigenvalue weighted by Gasteiger charge is -2.13. The molecule has 2 aromatic rings. The van der Waals surface area contributed by atoms with Crippen molar-refractivity contribution in [2.45, 2.75) is 34.1 Å². The molecular formula is C19H21BrN2O2. The topological polar surface area (TPSA) is 58.2 Å². The monoisotopic (exact) mass is 388 g/mol. The number of halogens is 1. The van der Waals surface area contributed by atoms with Crippen molar-refractivity contribution in [3.8, 4) is 0 Å². The van der Waals surface area contributed by atoms with Crippen LogP contribution in [0.3, 0.4) is 0 Å². The highest BCUT2D eigenvalue weighted by Gasteiger charge is 2.13. The number of carbonyl (C=O) groups excluding carboxylic acids is 2. The van der Waals surface area contributed by atoms with Crippen LogP contribution in [-0.2, 0) is 9.59 Å². The predicted molar refractivity (Wildman–Crippen MR) is 101 cm³/mol. The molecular weight excluding hydrogens is 368 g/mol. The van der Waals surface area contributed by atoms with E-state index in [1.54, 1.807) is 6.07 Å². The van der Waals surface area contributed by atoms with Gasteiger partial charge < -0.3 is 10.6 Å². The summed E-state index contributed by atoms with van der Waals surface area (Å²) in [6.45, 7) is 7.84. The lowest BCUT2D eigenvalue weighted by atomic mass is 10.0. The first-order valence-electron chi connectivity index (χ1n) is 7.70. The van der Waals surface area contributed by atoms with Gasteiger partial charge in [0, 0.05) is 15.8 Å². The summed E-state index contributed by atoms with van der Waals surface area (Å²) in [6, 6.07) is 9.53. The lowest BCUT2D eigenvalue weighted by Crippen LogP contribution is -2.22. The number of aryl methyl sites for hydroxylation is 4. The summed E-state index contributed by atoms with van der Waals surface area (Å²) in [5.74, 6) is -0.659. The molecule has 0 aromatic heterocycles. The Hall–Kier alpha value is -2.14. The third-order valence-corrected chi connectivity index (χ3v) is 4.59. The van der Waals surface area contributed by atoms with Gasteiger partial charge in [0.25, 0.3) is 0 Å². The van der Waals surface area contributed by atoms with Gasteiger partial charge in [-0.15, -0.1) is 0 Å². The minimum absolute atomic E-state index is 0.220. The van der Waals surface area contributed by atoms with Crippen molar-refractivity contribution >= 4 is 39.1 Å². The molecule has 0 aliphatic heterocycles. The van der Waals surface area contributed by atoms with Crippen LogP contribution in [0.4, 0.5) is 11.4 Å². The van der Waals surface area contributed by atoms with Crippen molar-refractivity contribution in [2.75, 3.05) is 10.6 Å². The molecule has 0 aliphatic rings. The molecule has 0 unspecified atom stereocenters. The molecule has 0 fully saturated rings. The molecule has 5 heteroatoms. The number of hydrogen-bond donors (Lipinski definition) is 2. The van der Waals surface area contributed by atoms with E-state index < -0.39 is 0 Å². The molecule has 0 radical (unpaired) electrons. The second-order valence-corrected chi connectivity index (χ2v) is 6.87. The second-order valence-electron chi connectivity index (χ2n) is 6.01. The molecule has 126 valence electrons. The van der Waals surface area contributed by atoms with E-state index >= 15 is 0 Å². The fourth-order valence-electron chi connectivity index (χ4n) is 2.63. The normalized spacial score (nSPS) is 10.4. The van der Waals surface area contributed by atoms with Gasteiger partial charge in [0.1, 0.15) is 6.42 Å². The number of carbonyl (C=O) groups is 2. The third kappa shape index (κ3) is 4.68. The summed E-state index contributed by atoms with van der Waals surface area (Å²) in [4.78, 5) is 24.2. The maximum absolute atomic E-state index is 12.1. The maximum atomic E-state index is 12.1. The summed E-state index contributed by atoms with van der Waals surface area (Å²) in [5, 5.41) is 5.58. The number of amides is 2. The molecule has 0 aliphatic carbocycles. The van der Waals surface area contributed by atoms with E-state index in [1.165, 1.54) is 0 Å². The lowest BCUT2D eigenvalue weighted by molar-refractivity contribution is -0.123. The first kappa shape index (κ1) is 18.2. The van der Waals surface area contributed by atoms with Crippen LogP contribution in [0.2, 0.25) is 0 Å². The molecule has 0 bridgehead atoms. The van der Waals surface area contributed by atoms with Gasteiger partial charge in [0.15, 0.2) is 0 Å². The average Bonchev–Trinajstić information content (AvgIpc) is 2.46. The summed E-state index contributed by atoms with van der Waals surface area (Å²) in [5.41, 5.74) is 5.60. The van der Waals surface area contributed by atoms with Gasteiger partial charge in [-0.05, 0) is 62.6 Å². The molecule has 0 spiro atoms. The van der Waals surface area contributed by atoms with Crippen molar-refractivity contribution in [3.63, 3.8) is 0 Å². The van der Waals surface area contributed by atoms with E-state index in [4.69, 9.17) is 0 Å². The highest BCUT2D eigenvalue weighted by molar-refractivity contribution is 9.10. The minimum Gasteiger partial charge on any atom is -0.326 e. The zero-order chi connectivity index (χ0) is 17.9. The number of anilines is 2. The van der Waals surface area contributed by atoms with Crippen molar-refractivity contribution in [3.05, 3.63) is 57.1 Å². The van der Waals surface area contributed by atoms with E-state index in [1.807, 2.05) is 52.0 Å². The zero-order valence-electron chi connectivity index (χ0n) is 14.3. The van der Waals surface area contributed by atoms with Crippen LogP contribution in [0.25, 0.3) is 0 Å². The quantitative estimate of drug-likeness (QED) is 0.748. The summed E-state index contributed by atoms with van der Waals surface area (Å²) >= 11 is 3.41. The first-order valence-corrected chi connectivity index (χ1v) is 8.49. The summed E-state index contributed by atoms with van der Waals surface area (Å²) in [7, 11) is 0. The Bertz CT molecular complexity index is 777. The van der Waals surface area contributed by atoms with E-state index in [-0.39, 0.29) is 18.2 Å². The van der Waals surface area contributed by atoms with E-state index in [2.05, 4.69) is 26.6 Å². The van der Waals surface area contributed by atoms with E-state index in [0.717, 1.165) is 32.4 Å². The Morgan fingerprint density at radius 3 is 2.04 bits per heavy atom. The van der Waals surface area contributed by atoms with E-state index in [9.17, 15) is 9.59 Å². The largest absolute Gasteiger partial charge is 0.326 e. The number of benzene rings is 2. The zero-order valence-corrected chi connectivity index (χ0v) is 15.9. The van der Waals surface area contributed by atoms with Crippen molar-refractivity contribution < 1.29 is 9.59 Å². The molecule has 2 amide bonds. The van der Waals surface area contributed by atoms with Gasteiger partial charge in [0.05, 0.1) is 0 Å². The summed E-state index contributed by atoms with van der Waals surface area (Å²) in [6.07, 6.45) is -0.220. The van der Waals surface area contributed by atoms with Crippen LogP contribution < -0.4 is 10.6 Å². The Kier molecular flexibility index (Phi) is 5.78. The van der Waals surface area contributed by atoms with Crippen LogP contribution >= 0.6 is 15.9 Å². The van der Waals surface area contributed by atoms with Crippen molar-refractivity contribution in [2.24, 2.45) is 0 Å². The Morgan fingerprint density at radius 2 is 1.46 bits per heavy atom. The molecule has 4 nitrogen and oxygen atoms in total. The first-order chi connectivity index (χ1) is 11.3. The molecule has 2 aromatic carbocycles. The Labute approximate surface area is 150 Å². The maximum Gasteiger partial charge on any atom is 0.233 e. The second kappa shape index (κ2) is 7.62. The molecule has 0 heterocycles. The highest BCUT2D eigenvalue weighted by Crippen LogP contribution is 2.22. The number of hydrogen-bond acceptors (Lipinski definition) is 2. The van der Waals surface area contributed by atoms with Gasteiger partial charge in [-0.1, -0.05) is 33.6 Å². The van der Waals surface area contributed by atoms with Gasteiger partial charge in [-0.2, -0.15) is 0 Å². The van der Waals surface area contributed by atoms with Gasteiger partial charge in [-0.25, -0.2) is 0 Å². The van der Waals surface area contributed by atoms with Gasteiger partial charge >= 0.3 is 0 Å². The van der Waals surface area contributed by atoms with Crippen LogP contribution in [0.1, 0.15) is 28.7 Å². The fourth-order valence-corrected chi connectivity index (χ4v) is 2.88. The molecule has 0 saturated heterocycles. The van der Waals surface area contributed by atoms with Crippen LogP contribution in [-0.4, -0.2) is 11.8 Å². The van der Waals surface area contributed by atoms with E-state index in [0.29, 0.717) is 5.69 Å². The van der Waals surface area contributed by atoms with Crippen LogP contribution in [0.5, 0.6) is 0 Å². The Balaban J connectivity index is 1.99. The van der Waals surface area contributed by atoms with Crippen molar-refractivity contribution in [1.82, 2.24) is 0 Å². The average molecular weight is 389 g/mol. The SMILES string of the molecule is Cc1cc(C)c(NC(=O)CC(=O)Nc2ccc(Br)c(C)c2)c(C)c1. The molecule has 2 N–H and O–H groups in total. The third-order valence-electron chi connectivity index (χ3n) is 3.70. The van der Waals surface area contributed by atoms with Crippen LogP contribution in [0, 0.1) is 27.7 Å². The number of nitrogens with one attached hydrogen (secondary N) is 2. The van der Waals surface area contributed by atoms with Gasteiger partial charge in [-0.3, -0.25) is 9.59 Å². The summed E-state index contributed by atoms with van der Waals surface area (Å²) < 4.78 is 0.976. The fraction of sp³-hybridized carbons (Fsp3) is 0.263. The molecule has 0 saturated carbocycles. The standard InChI is InChI=1S/C19H21BrN2O2/c1-11-7-13(3)19(14(4)8-11)22-18(24)10-17(23)21-15-5-6-16(20)12(2)9-15/h5-9H,10H2,1-4H3,(H,21,23)(H,22,24).